The van der Waals surface area contributed by atoms with Gasteiger partial charge in [-0.1, -0.05) is 17.7 Å². The standard InChI is InChI=1S/C20H23ClN6O2/c1-29-18-15(21)5-2-6-16(18)23-10-17(28)26-13-4-3-9-27(11-13)20-14-7-8-22-19(14)24-12-25-20/h2,5-8,12-13,23H,3-4,9-11H2,1H3,(H,26,28)(H,22,24,25)/t13-/m1/s1. The van der Waals surface area contributed by atoms with Gasteiger partial charge in [0.2, 0.25) is 5.91 Å². The van der Waals surface area contributed by atoms with E-state index in [-0.39, 0.29) is 18.5 Å². The Morgan fingerprint density at radius 3 is 3.14 bits per heavy atom. The van der Waals surface area contributed by atoms with Gasteiger partial charge < -0.3 is 25.3 Å². The molecule has 29 heavy (non-hydrogen) atoms. The van der Waals surface area contributed by atoms with Gasteiger partial charge in [-0.15, -0.1) is 0 Å². The van der Waals surface area contributed by atoms with E-state index in [1.807, 2.05) is 24.4 Å². The highest BCUT2D eigenvalue weighted by Gasteiger charge is 2.24. The lowest BCUT2D eigenvalue weighted by Gasteiger charge is -2.34. The normalized spacial score (nSPS) is 16.6. The van der Waals surface area contributed by atoms with Crippen molar-refractivity contribution >= 4 is 40.0 Å². The number of halogens is 1. The number of fused-ring (bicyclic) bond motifs is 1. The van der Waals surface area contributed by atoms with Gasteiger partial charge >= 0.3 is 0 Å². The van der Waals surface area contributed by atoms with E-state index in [1.165, 1.54) is 0 Å². The van der Waals surface area contributed by atoms with E-state index in [0.29, 0.717) is 23.0 Å². The fourth-order valence-electron chi connectivity index (χ4n) is 3.71. The number of nitrogens with zero attached hydrogens (tertiary/aromatic N) is 3. The average molecular weight is 415 g/mol. The summed E-state index contributed by atoms with van der Waals surface area (Å²) in [6.45, 7) is 1.76. The van der Waals surface area contributed by atoms with Gasteiger partial charge in [-0.25, -0.2) is 9.97 Å². The molecule has 3 aromatic rings. The molecule has 0 saturated carbocycles. The molecule has 1 saturated heterocycles. The molecule has 152 valence electrons. The van der Waals surface area contributed by atoms with Gasteiger partial charge in [-0.2, -0.15) is 0 Å². The summed E-state index contributed by atoms with van der Waals surface area (Å²) < 4.78 is 5.30. The molecule has 0 unspecified atom stereocenters. The molecule has 1 atom stereocenters. The molecule has 4 rings (SSSR count). The number of nitrogens with one attached hydrogen (secondary N) is 3. The summed E-state index contributed by atoms with van der Waals surface area (Å²) in [5.41, 5.74) is 1.51. The first-order valence-corrected chi connectivity index (χ1v) is 9.92. The Labute approximate surface area is 173 Å². The summed E-state index contributed by atoms with van der Waals surface area (Å²) in [6.07, 6.45) is 5.35. The Morgan fingerprint density at radius 2 is 2.28 bits per heavy atom. The van der Waals surface area contributed by atoms with E-state index in [2.05, 4.69) is 30.5 Å². The fraction of sp³-hybridized carbons (Fsp3) is 0.350. The third-order valence-corrected chi connectivity index (χ3v) is 5.33. The predicted molar refractivity (Wildman–Crippen MR) is 114 cm³/mol. The van der Waals surface area contributed by atoms with Crippen molar-refractivity contribution in [3.8, 4) is 5.75 Å². The molecule has 8 nitrogen and oxygen atoms in total. The fourth-order valence-corrected chi connectivity index (χ4v) is 3.96. The molecular weight excluding hydrogens is 392 g/mol. The van der Waals surface area contributed by atoms with E-state index in [1.54, 1.807) is 19.5 Å². The van der Waals surface area contributed by atoms with Crippen LogP contribution in [0.5, 0.6) is 5.75 Å². The number of rotatable bonds is 6. The van der Waals surface area contributed by atoms with Crippen LogP contribution in [0.4, 0.5) is 11.5 Å². The Balaban J connectivity index is 1.37. The summed E-state index contributed by atoms with van der Waals surface area (Å²) in [5, 5.41) is 7.71. The lowest BCUT2D eigenvalue weighted by Crippen LogP contribution is -2.49. The van der Waals surface area contributed by atoms with Crippen LogP contribution in [-0.4, -0.2) is 53.6 Å². The summed E-state index contributed by atoms with van der Waals surface area (Å²) >= 11 is 6.12. The number of methoxy groups -OCH3 is 1. The number of carbonyl (C=O) groups is 1. The number of anilines is 2. The van der Waals surface area contributed by atoms with Crippen LogP contribution in [0.1, 0.15) is 12.8 Å². The van der Waals surface area contributed by atoms with E-state index in [4.69, 9.17) is 16.3 Å². The van der Waals surface area contributed by atoms with Gasteiger partial charge in [0.05, 0.1) is 29.8 Å². The Hall–Kier alpha value is -3.00. The first-order valence-electron chi connectivity index (χ1n) is 9.54. The summed E-state index contributed by atoms with van der Waals surface area (Å²) in [7, 11) is 1.55. The Bertz CT molecular complexity index is 1010. The molecule has 3 N–H and O–H groups in total. The number of hydrogen-bond donors (Lipinski definition) is 3. The van der Waals surface area contributed by atoms with Gasteiger partial charge in [0.15, 0.2) is 5.75 Å². The van der Waals surface area contributed by atoms with Crippen molar-refractivity contribution in [2.45, 2.75) is 18.9 Å². The maximum absolute atomic E-state index is 12.5. The number of benzene rings is 1. The van der Waals surface area contributed by atoms with Crippen molar-refractivity contribution in [3.05, 3.63) is 41.8 Å². The highest BCUT2D eigenvalue weighted by molar-refractivity contribution is 6.32. The molecule has 0 radical (unpaired) electrons. The average Bonchev–Trinajstić information content (AvgIpc) is 3.21. The third kappa shape index (κ3) is 4.22. The van der Waals surface area contributed by atoms with Crippen LogP contribution in [0.3, 0.4) is 0 Å². The summed E-state index contributed by atoms with van der Waals surface area (Å²) in [5.74, 6) is 1.36. The predicted octanol–water partition coefficient (Wildman–Crippen LogP) is 2.82. The van der Waals surface area contributed by atoms with Crippen LogP contribution in [0, 0.1) is 0 Å². The lowest BCUT2D eigenvalue weighted by atomic mass is 10.1. The second-order valence-electron chi connectivity index (χ2n) is 6.96. The van der Waals surface area contributed by atoms with Gasteiger partial charge in [0, 0.05) is 25.3 Å². The van der Waals surface area contributed by atoms with Crippen molar-refractivity contribution in [2.75, 3.05) is 37.0 Å². The van der Waals surface area contributed by atoms with Gasteiger partial charge in [-0.3, -0.25) is 4.79 Å². The zero-order valence-corrected chi connectivity index (χ0v) is 16.9. The number of ether oxygens (including phenoxy) is 1. The van der Waals surface area contributed by atoms with Gasteiger partial charge in [-0.05, 0) is 31.0 Å². The molecule has 1 aromatic carbocycles. The quantitative estimate of drug-likeness (QED) is 0.574. The first kappa shape index (κ1) is 19.3. The van der Waals surface area contributed by atoms with Gasteiger partial charge in [0.25, 0.3) is 0 Å². The van der Waals surface area contributed by atoms with Crippen LogP contribution in [0.15, 0.2) is 36.8 Å². The first-order chi connectivity index (χ1) is 14.2. The molecule has 0 bridgehead atoms. The Kier molecular flexibility index (Phi) is 5.71. The van der Waals surface area contributed by atoms with Crippen molar-refractivity contribution in [2.24, 2.45) is 0 Å². The van der Waals surface area contributed by atoms with Crippen LogP contribution < -0.4 is 20.3 Å². The van der Waals surface area contributed by atoms with Crippen molar-refractivity contribution < 1.29 is 9.53 Å². The largest absolute Gasteiger partial charge is 0.493 e. The molecule has 1 fully saturated rings. The van der Waals surface area contributed by atoms with Crippen LogP contribution in [-0.2, 0) is 4.79 Å². The molecular formula is C20H23ClN6O2. The minimum absolute atomic E-state index is 0.0586. The Morgan fingerprint density at radius 1 is 1.38 bits per heavy atom. The van der Waals surface area contributed by atoms with Crippen molar-refractivity contribution in [1.82, 2.24) is 20.3 Å². The highest BCUT2D eigenvalue weighted by Crippen LogP contribution is 2.32. The molecule has 2 aromatic heterocycles. The van der Waals surface area contributed by atoms with Crippen molar-refractivity contribution in [3.63, 3.8) is 0 Å². The summed E-state index contributed by atoms with van der Waals surface area (Å²) in [6, 6.07) is 7.43. The zero-order chi connectivity index (χ0) is 20.2. The summed E-state index contributed by atoms with van der Waals surface area (Å²) in [4.78, 5) is 26.5. The van der Waals surface area contributed by atoms with Crippen LogP contribution in [0.25, 0.3) is 11.0 Å². The number of amides is 1. The number of carbonyl (C=O) groups excluding carboxylic acids is 1. The number of aromatic nitrogens is 3. The second-order valence-corrected chi connectivity index (χ2v) is 7.37. The molecule has 1 amide bonds. The number of H-pyrrole nitrogens is 1. The number of piperidine rings is 1. The van der Waals surface area contributed by atoms with Gasteiger partial charge in [0.1, 0.15) is 17.8 Å². The molecule has 1 aliphatic rings. The minimum atomic E-state index is -0.0756. The van der Waals surface area contributed by atoms with Crippen LogP contribution in [0.2, 0.25) is 5.02 Å². The highest BCUT2D eigenvalue weighted by atomic mass is 35.5. The molecule has 0 spiro atoms. The van der Waals surface area contributed by atoms with E-state index < -0.39 is 0 Å². The minimum Gasteiger partial charge on any atom is -0.493 e. The van der Waals surface area contributed by atoms with Crippen molar-refractivity contribution in [1.29, 1.82) is 0 Å². The molecule has 0 aliphatic carbocycles. The van der Waals surface area contributed by atoms with E-state index in [0.717, 1.165) is 36.2 Å². The lowest BCUT2D eigenvalue weighted by molar-refractivity contribution is -0.120. The van der Waals surface area contributed by atoms with E-state index in [9.17, 15) is 4.79 Å². The molecule has 1 aliphatic heterocycles. The van der Waals surface area contributed by atoms with E-state index >= 15 is 0 Å². The zero-order valence-electron chi connectivity index (χ0n) is 16.1. The maximum Gasteiger partial charge on any atom is 0.239 e. The molecule has 9 heteroatoms. The SMILES string of the molecule is COc1c(Cl)cccc1NCC(=O)N[C@@H]1CCCN(c2ncnc3[nH]ccc23)C1. The maximum atomic E-state index is 12.5. The topological polar surface area (TPSA) is 95.2 Å². The molecule has 3 heterocycles. The van der Waals surface area contributed by atoms with Crippen LogP contribution >= 0.6 is 11.6 Å². The number of aromatic amines is 1. The number of hydrogen-bond acceptors (Lipinski definition) is 6. The monoisotopic (exact) mass is 414 g/mol. The smallest absolute Gasteiger partial charge is 0.239 e. The third-order valence-electron chi connectivity index (χ3n) is 5.03. The second kappa shape index (κ2) is 8.57. The number of para-hydroxylation sites is 1.